The maximum atomic E-state index is 12.1. The van der Waals surface area contributed by atoms with E-state index in [4.69, 9.17) is 5.11 Å². The average Bonchev–Trinajstić information content (AvgIpc) is 2.71. The Bertz CT molecular complexity index is 361. The fraction of sp³-hybridized carbons (Fsp3) is 0.846. The zero-order valence-corrected chi connectivity index (χ0v) is 11.2. The van der Waals surface area contributed by atoms with Crippen molar-refractivity contribution >= 4 is 12.0 Å². The molecule has 6 nitrogen and oxygen atoms in total. The first kappa shape index (κ1) is 14.1. The number of hydrogen-bond donors (Lipinski definition) is 3. The van der Waals surface area contributed by atoms with Gasteiger partial charge in [0, 0.05) is 19.0 Å². The van der Waals surface area contributed by atoms with E-state index < -0.39 is 18.1 Å². The van der Waals surface area contributed by atoms with Crippen molar-refractivity contribution in [3.8, 4) is 0 Å². The Morgan fingerprint density at radius 2 is 2.00 bits per heavy atom. The number of carboxylic acid groups (broad SMARTS) is 1. The average molecular weight is 270 g/mol. The van der Waals surface area contributed by atoms with E-state index in [1.807, 2.05) is 0 Å². The molecule has 0 radical (unpaired) electrons. The number of amides is 2. The van der Waals surface area contributed by atoms with Crippen LogP contribution < -0.4 is 5.32 Å². The molecule has 1 heterocycles. The summed E-state index contributed by atoms with van der Waals surface area (Å²) >= 11 is 0. The molecule has 19 heavy (non-hydrogen) atoms. The van der Waals surface area contributed by atoms with Gasteiger partial charge in [-0.2, -0.15) is 0 Å². The Morgan fingerprint density at radius 1 is 1.26 bits per heavy atom. The molecule has 4 atom stereocenters. The number of carbonyl (C=O) groups excluding carboxylic acids is 1. The highest BCUT2D eigenvalue weighted by atomic mass is 16.4. The molecule has 0 aromatic heterocycles. The van der Waals surface area contributed by atoms with Gasteiger partial charge >= 0.3 is 12.0 Å². The van der Waals surface area contributed by atoms with Gasteiger partial charge in [0.1, 0.15) is 6.04 Å². The van der Waals surface area contributed by atoms with Gasteiger partial charge in [0.15, 0.2) is 0 Å². The standard InChI is InChI=1S/C13H22N2O4/c1-8-3-2-4-9(5-8)14-13(19)15-7-10(16)6-11(15)12(17)18/h8-11,16H,2-7H2,1H3,(H,14,19)(H,17,18)/t8?,9?,10-,11-/m0/s1. The summed E-state index contributed by atoms with van der Waals surface area (Å²) in [4.78, 5) is 24.4. The van der Waals surface area contributed by atoms with Crippen molar-refractivity contribution in [3.05, 3.63) is 0 Å². The molecule has 1 saturated heterocycles. The van der Waals surface area contributed by atoms with Crippen molar-refractivity contribution in [2.75, 3.05) is 6.54 Å². The summed E-state index contributed by atoms with van der Waals surface area (Å²) in [5.41, 5.74) is 0. The molecule has 0 bridgehead atoms. The number of rotatable bonds is 2. The molecule has 0 aromatic carbocycles. The molecule has 2 unspecified atom stereocenters. The highest BCUT2D eigenvalue weighted by Gasteiger charge is 2.39. The van der Waals surface area contributed by atoms with E-state index in [0.717, 1.165) is 19.3 Å². The molecule has 0 spiro atoms. The number of hydrogen-bond acceptors (Lipinski definition) is 3. The molecule has 108 valence electrons. The van der Waals surface area contributed by atoms with Crippen LogP contribution in [0, 0.1) is 5.92 Å². The molecule has 2 amide bonds. The van der Waals surface area contributed by atoms with Gasteiger partial charge in [-0.1, -0.05) is 19.8 Å². The van der Waals surface area contributed by atoms with Gasteiger partial charge in [-0.15, -0.1) is 0 Å². The van der Waals surface area contributed by atoms with Gasteiger partial charge in [0.2, 0.25) is 0 Å². The molecule has 6 heteroatoms. The van der Waals surface area contributed by atoms with Crippen LogP contribution >= 0.6 is 0 Å². The topological polar surface area (TPSA) is 89.9 Å². The monoisotopic (exact) mass is 270 g/mol. The number of nitrogens with one attached hydrogen (secondary N) is 1. The van der Waals surface area contributed by atoms with E-state index in [9.17, 15) is 14.7 Å². The minimum absolute atomic E-state index is 0.102. The van der Waals surface area contributed by atoms with Gasteiger partial charge in [-0.25, -0.2) is 9.59 Å². The first-order chi connectivity index (χ1) is 8.97. The molecule has 2 rings (SSSR count). The molecular weight excluding hydrogens is 248 g/mol. The van der Waals surface area contributed by atoms with Crippen LogP contribution in [-0.4, -0.2) is 51.8 Å². The van der Waals surface area contributed by atoms with Crippen LogP contribution in [0.5, 0.6) is 0 Å². The van der Waals surface area contributed by atoms with Crippen LogP contribution in [0.2, 0.25) is 0 Å². The first-order valence-electron chi connectivity index (χ1n) is 6.95. The lowest BCUT2D eigenvalue weighted by Gasteiger charge is -2.30. The second-order valence-electron chi connectivity index (χ2n) is 5.81. The van der Waals surface area contributed by atoms with Crippen LogP contribution in [0.4, 0.5) is 4.79 Å². The van der Waals surface area contributed by atoms with Gasteiger partial charge < -0.3 is 20.4 Å². The van der Waals surface area contributed by atoms with E-state index in [1.165, 1.54) is 11.3 Å². The molecule has 2 fully saturated rings. The second kappa shape index (κ2) is 5.77. The largest absolute Gasteiger partial charge is 0.480 e. The highest BCUT2D eigenvalue weighted by molar-refractivity contribution is 5.83. The summed E-state index contributed by atoms with van der Waals surface area (Å²) in [6, 6.07) is -1.14. The molecular formula is C13H22N2O4. The summed E-state index contributed by atoms with van der Waals surface area (Å²) in [5, 5.41) is 21.5. The second-order valence-corrected chi connectivity index (χ2v) is 5.81. The summed E-state index contributed by atoms with van der Waals surface area (Å²) in [7, 11) is 0. The Balaban J connectivity index is 1.93. The summed E-state index contributed by atoms with van der Waals surface area (Å²) in [6.07, 6.45) is 3.55. The number of aliphatic hydroxyl groups is 1. The first-order valence-corrected chi connectivity index (χ1v) is 6.95. The quantitative estimate of drug-likeness (QED) is 0.692. The van der Waals surface area contributed by atoms with Crippen molar-refractivity contribution in [2.45, 2.75) is 57.2 Å². The van der Waals surface area contributed by atoms with Crippen LogP contribution in [-0.2, 0) is 4.79 Å². The lowest BCUT2D eigenvalue weighted by molar-refractivity contribution is -0.141. The molecule has 0 aromatic rings. The van der Waals surface area contributed by atoms with Crippen LogP contribution in [0.25, 0.3) is 0 Å². The van der Waals surface area contributed by atoms with E-state index in [1.54, 1.807) is 0 Å². The van der Waals surface area contributed by atoms with Gasteiger partial charge in [-0.3, -0.25) is 0 Å². The lowest BCUT2D eigenvalue weighted by atomic mass is 9.87. The maximum absolute atomic E-state index is 12.1. The zero-order chi connectivity index (χ0) is 14.0. The number of likely N-dealkylation sites (tertiary alicyclic amines) is 1. The van der Waals surface area contributed by atoms with Gasteiger partial charge in [0.05, 0.1) is 6.10 Å². The predicted molar refractivity (Wildman–Crippen MR) is 68.7 cm³/mol. The van der Waals surface area contributed by atoms with Crippen molar-refractivity contribution in [3.63, 3.8) is 0 Å². The Labute approximate surface area is 112 Å². The number of aliphatic hydroxyl groups excluding tert-OH is 1. The Morgan fingerprint density at radius 3 is 2.63 bits per heavy atom. The Kier molecular flexibility index (Phi) is 4.29. The van der Waals surface area contributed by atoms with E-state index >= 15 is 0 Å². The minimum Gasteiger partial charge on any atom is -0.480 e. The molecule has 1 aliphatic carbocycles. The third kappa shape index (κ3) is 3.37. The van der Waals surface area contributed by atoms with Crippen LogP contribution in [0.3, 0.4) is 0 Å². The number of aliphatic carboxylic acids is 1. The van der Waals surface area contributed by atoms with E-state index in [-0.39, 0.29) is 25.0 Å². The number of β-amino-alcohol motifs (C(OH)–C–C–N with tert-alkyl or cyclic N) is 1. The number of carboxylic acids is 1. The zero-order valence-electron chi connectivity index (χ0n) is 11.2. The van der Waals surface area contributed by atoms with E-state index in [0.29, 0.717) is 5.92 Å². The van der Waals surface area contributed by atoms with Crippen molar-refractivity contribution in [1.82, 2.24) is 10.2 Å². The molecule has 1 saturated carbocycles. The van der Waals surface area contributed by atoms with Crippen LogP contribution in [0.15, 0.2) is 0 Å². The Hall–Kier alpha value is -1.30. The van der Waals surface area contributed by atoms with Gasteiger partial charge in [-0.05, 0) is 18.8 Å². The van der Waals surface area contributed by atoms with Crippen molar-refractivity contribution in [2.24, 2.45) is 5.92 Å². The molecule has 3 N–H and O–H groups in total. The summed E-state index contributed by atoms with van der Waals surface area (Å²) in [5.74, 6) is -0.456. The number of carbonyl (C=O) groups is 2. The van der Waals surface area contributed by atoms with E-state index in [2.05, 4.69) is 12.2 Å². The normalized spacial score (nSPS) is 35.2. The number of nitrogens with zero attached hydrogens (tertiary/aromatic N) is 1. The summed E-state index contributed by atoms with van der Waals surface area (Å²) in [6.45, 7) is 2.27. The molecule has 2 aliphatic rings. The molecule has 1 aliphatic heterocycles. The van der Waals surface area contributed by atoms with Crippen LogP contribution in [0.1, 0.15) is 39.0 Å². The summed E-state index contributed by atoms with van der Waals surface area (Å²) < 4.78 is 0. The SMILES string of the molecule is CC1CCCC(NC(=O)N2C[C@@H](O)C[C@H]2C(=O)O)C1. The lowest BCUT2D eigenvalue weighted by Crippen LogP contribution is -2.50. The van der Waals surface area contributed by atoms with Gasteiger partial charge in [0.25, 0.3) is 0 Å². The minimum atomic E-state index is -1.05. The predicted octanol–water partition coefficient (Wildman–Crippen LogP) is 0.794. The highest BCUT2D eigenvalue weighted by Crippen LogP contribution is 2.24. The van der Waals surface area contributed by atoms with Crippen molar-refractivity contribution in [1.29, 1.82) is 0 Å². The fourth-order valence-corrected chi connectivity index (χ4v) is 3.10. The third-order valence-corrected chi connectivity index (χ3v) is 4.09. The smallest absolute Gasteiger partial charge is 0.326 e. The fourth-order valence-electron chi connectivity index (χ4n) is 3.10. The maximum Gasteiger partial charge on any atom is 0.326 e. The van der Waals surface area contributed by atoms with Crippen molar-refractivity contribution < 1.29 is 19.8 Å². The number of urea groups is 1. The third-order valence-electron chi connectivity index (χ3n) is 4.09.